The number of anilines is 1. The highest BCUT2D eigenvalue weighted by Crippen LogP contribution is 2.40. The lowest BCUT2D eigenvalue weighted by Gasteiger charge is -2.47. The van der Waals surface area contributed by atoms with E-state index in [2.05, 4.69) is 0 Å². The monoisotopic (exact) mass is 449 g/mol. The molecule has 0 radical (unpaired) electrons. The first-order valence-electron chi connectivity index (χ1n) is 10.2. The van der Waals surface area contributed by atoms with Crippen molar-refractivity contribution in [2.24, 2.45) is 0 Å². The van der Waals surface area contributed by atoms with Crippen molar-refractivity contribution < 1.29 is 22.8 Å². The van der Waals surface area contributed by atoms with E-state index in [-0.39, 0.29) is 29.4 Å². The summed E-state index contributed by atoms with van der Waals surface area (Å²) in [4.78, 5) is 12.6. The van der Waals surface area contributed by atoms with Crippen molar-refractivity contribution in [1.29, 1.82) is 0 Å². The number of β-amino-alcohol motifs (C(OH)–C–C–N with tert-alkyl or cyclic N) is 1. The molecule has 2 saturated heterocycles. The number of benzene rings is 2. The third kappa shape index (κ3) is 4.15. The van der Waals surface area contributed by atoms with Crippen molar-refractivity contribution in [2.45, 2.75) is 36.2 Å². The van der Waals surface area contributed by atoms with Gasteiger partial charge in [0.25, 0.3) is 5.69 Å². The fourth-order valence-corrected chi connectivity index (χ4v) is 5.74. The van der Waals surface area contributed by atoms with Crippen LogP contribution >= 0.6 is 0 Å². The van der Waals surface area contributed by atoms with Crippen LogP contribution in [0.5, 0.6) is 0 Å². The number of rotatable bonds is 5. The van der Waals surface area contributed by atoms with Crippen LogP contribution in [0, 0.1) is 15.9 Å². The Morgan fingerprint density at radius 2 is 1.61 bits per heavy atom. The summed E-state index contributed by atoms with van der Waals surface area (Å²) in [5.41, 5.74) is -0.810. The molecule has 0 spiro atoms. The molecule has 0 unspecified atom stereocenters. The summed E-state index contributed by atoms with van der Waals surface area (Å²) in [5.74, 6) is -0.416. The van der Waals surface area contributed by atoms with Gasteiger partial charge in [0.05, 0.1) is 22.9 Å². The van der Waals surface area contributed by atoms with Crippen LogP contribution in [-0.4, -0.2) is 48.9 Å². The third-order valence-electron chi connectivity index (χ3n) is 5.97. The van der Waals surface area contributed by atoms with E-state index in [4.69, 9.17) is 0 Å². The van der Waals surface area contributed by atoms with Gasteiger partial charge in [-0.2, -0.15) is 4.31 Å². The molecule has 0 saturated carbocycles. The summed E-state index contributed by atoms with van der Waals surface area (Å²) in [6.45, 7) is 0.985. The number of nitro benzene ring substituents is 1. The van der Waals surface area contributed by atoms with E-state index in [1.165, 1.54) is 40.7 Å². The van der Waals surface area contributed by atoms with Gasteiger partial charge in [-0.25, -0.2) is 12.8 Å². The minimum absolute atomic E-state index is 0.0810. The van der Waals surface area contributed by atoms with Gasteiger partial charge in [0, 0.05) is 19.2 Å². The average molecular weight is 450 g/mol. The first kappa shape index (κ1) is 21.7. The quantitative estimate of drug-likeness (QED) is 0.556. The maximum absolute atomic E-state index is 13.2. The van der Waals surface area contributed by atoms with Gasteiger partial charge in [0.2, 0.25) is 10.0 Å². The maximum Gasteiger partial charge on any atom is 0.293 e. The van der Waals surface area contributed by atoms with Crippen molar-refractivity contribution in [1.82, 2.24) is 4.31 Å². The van der Waals surface area contributed by atoms with Gasteiger partial charge in [-0.3, -0.25) is 10.1 Å². The van der Waals surface area contributed by atoms with Gasteiger partial charge in [0.15, 0.2) is 0 Å². The minimum Gasteiger partial charge on any atom is -0.381 e. The maximum atomic E-state index is 13.2. The van der Waals surface area contributed by atoms with Crippen LogP contribution < -0.4 is 4.90 Å². The molecule has 4 rings (SSSR count). The van der Waals surface area contributed by atoms with Crippen molar-refractivity contribution in [2.75, 3.05) is 31.1 Å². The van der Waals surface area contributed by atoms with E-state index in [1.807, 2.05) is 0 Å². The smallest absolute Gasteiger partial charge is 0.293 e. The molecular formula is C21H24FN3O5S. The lowest BCUT2D eigenvalue weighted by atomic mass is 9.85. The van der Waals surface area contributed by atoms with E-state index < -0.39 is 26.4 Å². The van der Waals surface area contributed by atoms with E-state index in [0.29, 0.717) is 18.7 Å². The largest absolute Gasteiger partial charge is 0.381 e. The van der Waals surface area contributed by atoms with Crippen molar-refractivity contribution in [3.8, 4) is 0 Å². The van der Waals surface area contributed by atoms with E-state index >= 15 is 0 Å². The first-order chi connectivity index (χ1) is 14.7. The molecule has 2 fully saturated rings. The summed E-state index contributed by atoms with van der Waals surface area (Å²) >= 11 is 0. The molecule has 0 bridgehead atoms. The average Bonchev–Trinajstić information content (AvgIpc) is 3.01. The number of hydrogen-bond donors (Lipinski definition) is 1. The summed E-state index contributed by atoms with van der Waals surface area (Å²) in [7, 11) is -3.82. The van der Waals surface area contributed by atoms with Crippen LogP contribution in [0.3, 0.4) is 0 Å². The van der Waals surface area contributed by atoms with Crippen molar-refractivity contribution >= 4 is 21.4 Å². The standard InChI is InChI=1S/C21H24FN3O5S/c22-17-7-5-16(6-8-17)21(26)14-23(15-21)19-10-9-18(13-20(19)25(27)28)31(29,30)24-11-3-1-2-4-12-24/h5-10,13,26H,1-4,11-12,14-15H2. The predicted octanol–water partition coefficient (Wildman–Crippen LogP) is 3.01. The molecule has 0 aromatic heterocycles. The number of hydrogen-bond acceptors (Lipinski definition) is 6. The molecule has 2 heterocycles. The fourth-order valence-electron chi connectivity index (χ4n) is 4.21. The Morgan fingerprint density at radius 1 is 1.00 bits per heavy atom. The Morgan fingerprint density at radius 3 is 2.19 bits per heavy atom. The molecule has 166 valence electrons. The lowest BCUT2D eigenvalue weighted by Crippen LogP contribution is -2.59. The number of nitro groups is 1. The Balaban J connectivity index is 1.59. The Kier molecular flexibility index (Phi) is 5.71. The molecule has 2 aliphatic heterocycles. The second-order valence-electron chi connectivity index (χ2n) is 8.12. The summed E-state index contributed by atoms with van der Waals surface area (Å²) in [6.07, 6.45) is 3.48. The highest BCUT2D eigenvalue weighted by atomic mass is 32.2. The number of nitrogens with zero attached hydrogens (tertiary/aromatic N) is 3. The van der Waals surface area contributed by atoms with Gasteiger partial charge in [0.1, 0.15) is 17.1 Å². The van der Waals surface area contributed by atoms with Crippen LogP contribution in [0.25, 0.3) is 0 Å². The predicted molar refractivity (Wildman–Crippen MR) is 113 cm³/mol. The van der Waals surface area contributed by atoms with Gasteiger partial charge < -0.3 is 10.0 Å². The van der Waals surface area contributed by atoms with Crippen molar-refractivity contribution in [3.05, 3.63) is 64.0 Å². The highest BCUT2D eigenvalue weighted by molar-refractivity contribution is 7.89. The van der Waals surface area contributed by atoms with Crippen LogP contribution in [0.1, 0.15) is 31.2 Å². The minimum atomic E-state index is -3.82. The molecule has 0 aliphatic carbocycles. The molecule has 0 atom stereocenters. The molecular weight excluding hydrogens is 425 g/mol. The molecule has 2 aromatic carbocycles. The first-order valence-corrected chi connectivity index (χ1v) is 11.7. The molecule has 1 N–H and O–H groups in total. The lowest BCUT2D eigenvalue weighted by molar-refractivity contribution is -0.384. The normalized spacial score (nSPS) is 19.5. The van der Waals surface area contributed by atoms with Crippen LogP contribution in [-0.2, 0) is 15.6 Å². The van der Waals surface area contributed by atoms with Crippen LogP contribution in [0.15, 0.2) is 47.4 Å². The second-order valence-corrected chi connectivity index (χ2v) is 10.1. The van der Waals surface area contributed by atoms with Gasteiger partial charge >= 0.3 is 0 Å². The second kappa shape index (κ2) is 8.18. The topological polar surface area (TPSA) is 104 Å². The van der Waals surface area contributed by atoms with E-state index in [1.54, 1.807) is 4.90 Å². The fraction of sp³-hybridized carbons (Fsp3) is 0.429. The van der Waals surface area contributed by atoms with Gasteiger partial charge in [-0.15, -0.1) is 0 Å². The molecule has 10 heteroatoms. The van der Waals surface area contributed by atoms with E-state index in [9.17, 15) is 28.0 Å². The zero-order valence-corrected chi connectivity index (χ0v) is 17.7. The molecule has 2 aliphatic rings. The number of halogens is 1. The molecule has 0 amide bonds. The van der Waals surface area contributed by atoms with Gasteiger partial charge in [-0.05, 0) is 42.7 Å². The molecule has 31 heavy (non-hydrogen) atoms. The highest BCUT2D eigenvalue weighted by Gasteiger charge is 2.45. The SMILES string of the molecule is O=[N+]([O-])c1cc(S(=O)(=O)N2CCCCCC2)ccc1N1CC(O)(c2ccc(F)cc2)C1. The summed E-state index contributed by atoms with van der Waals surface area (Å²) in [5, 5.41) is 22.5. The molecule has 2 aromatic rings. The zero-order chi connectivity index (χ0) is 22.2. The molecule has 8 nitrogen and oxygen atoms in total. The third-order valence-corrected chi connectivity index (χ3v) is 7.87. The summed E-state index contributed by atoms with van der Waals surface area (Å²) in [6, 6.07) is 9.38. The van der Waals surface area contributed by atoms with Gasteiger partial charge in [-0.1, -0.05) is 25.0 Å². The Bertz CT molecular complexity index is 1080. The van der Waals surface area contributed by atoms with E-state index in [0.717, 1.165) is 31.7 Å². The van der Waals surface area contributed by atoms with Crippen LogP contribution in [0.4, 0.5) is 15.8 Å². The Labute approximate surface area is 180 Å². The zero-order valence-electron chi connectivity index (χ0n) is 16.9. The number of sulfonamides is 1. The summed E-state index contributed by atoms with van der Waals surface area (Å²) < 4.78 is 40.6. The van der Waals surface area contributed by atoms with Crippen LogP contribution in [0.2, 0.25) is 0 Å². The number of aliphatic hydroxyl groups is 1. The van der Waals surface area contributed by atoms with Crippen molar-refractivity contribution in [3.63, 3.8) is 0 Å². The Hall–Kier alpha value is -2.56.